The molecule has 2 aliphatic rings. The van der Waals surface area contributed by atoms with Crippen molar-refractivity contribution in [2.24, 2.45) is 0 Å². The van der Waals surface area contributed by atoms with E-state index in [0.717, 1.165) is 24.6 Å². The Bertz CT molecular complexity index is 436. The molecule has 1 N–H and O–H groups in total. The first-order valence-electron chi connectivity index (χ1n) is 6.64. The van der Waals surface area contributed by atoms with Crippen LogP contribution in [0.15, 0.2) is 18.2 Å². The van der Waals surface area contributed by atoms with E-state index in [1.807, 2.05) is 6.07 Å². The molecule has 2 aliphatic heterocycles. The molecule has 0 radical (unpaired) electrons. The van der Waals surface area contributed by atoms with Gasteiger partial charge in [-0.05, 0) is 38.9 Å². The Kier molecular flexibility index (Phi) is 3.04. The van der Waals surface area contributed by atoms with Gasteiger partial charge >= 0.3 is 0 Å². The fourth-order valence-electron chi connectivity index (χ4n) is 2.66. The van der Waals surface area contributed by atoms with Gasteiger partial charge in [0.2, 0.25) is 6.79 Å². The smallest absolute Gasteiger partial charge is 0.231 e. The minimum absolute atomic E-state index is 0.340. The maximum atomic E-state index is 5.46. The highest BCUT2D eigenvalue weighted by molar-refractivity contribution is 5.57. The third-order valence-electron chi connectivity index (χ3n) is 3.75. The third-order valence-corrected chi connectivity index (χ3v) is 3.75. The van der Waals surface area contributed by atoms with E-state index in [1.54, 1.807) is 0 Å². The number of rotatable bonds is 1. The second-order valence-corrected chi connectivity index (χ2v) is 5.18. The van der Waals surface area contributed by atoms with Crippen LogP contribution in [0.2, 0.25) is 0 Å². The molecule has 2 unspecified atom stereocenters. The van der Waals surface area contributed by atoms with Gasteiger partial charge in [-0.1, -0.05) is 0 Å². The standard InChI is InChI=1S/C14H20N2O2/c1-10-8-16(11(2)5-6-15-10)12-3-4-13-14(7-12)18-9-17-13/h3-4,7,10-11,15H,5-6,8-9H2,1-2H3. The molecule has 1 saturated heterocycles. The minimum atomic E-state index is 0.340. The summed E-state index contributed by atoms with van der Waals surface area (Å²) >= 11 is 0. The van der Waals surface area contributed by atoms with E-state index in [4.69, 9.17) is 9.47 Å². The summed E-state index contributed by atoms with van der Waals surface area (Å²) in [5.74, 6) is 1.72. The molecule has 1 aromatic carbocycles. The lowest BCUT2D eigenvalue weighted by atomic mass is 10.1. The Labute approximate surface area is 108 Å². The van der Waals surface area contributed by atoms with Crippen molar-refractivity contribution in [3.8, 4) is 11.5 Å². The maximum absolute atomic E-state index is 5.46. The van der Waals surface area contributed by atoms with E-state index < -0.39 is 0 Å². The number of nitrogens with zero attached hydrogens (tertiary/aromatic N) is 1. The van der Waals surface area contributed by atoms with Crippen molar-refractivity contribution in [3.63, 3.8) is 0 Å². The lowest BCUT2D eigenvalue weighted by Crippen LogP contribution is -2.38. The quantitative estimate of drug-likeness (QED) is 0.824. The van der Waals surface area contributed by atoms with Gasteiger partial charge in [0.25, 0.3) is 0 Å². The molecule has 98 valence electrons. The molecule has 0 saturated carbocycles. The van der Waals surface area contributed by atoms with Gasteiger partial charge in [0.1, 0.15) is 0 Å². The van der Waals surface area contributed by atoms with Gasteiger partial charge < -0.3 is 19.7 Å². The van der Waals surface area contributed by atoms with Crippen LogP contribution < -0.4 is 19.7 Å². The normalized spacial score (nSPS) is 27.1. The van der Waals surface area contributed by atoms with E-state index >= 15 is 0 Å². The largest absolute Gasteiger partial charge is 0.454 e. The molecule has 0 aliphatic carbocycles. The zero-order chi connectivity index (χ0) is 12.5. The Morgan fingerprint density at radius 1 is 1.22 bits per heavy atom. The van der Waals surface area contributed by atoms with Gasteiger partial charge in [-0.3, -0.25) is 0 Å². The van der Waals surface area contributed by atoms with Crippen LogP contribution in [0.1, 0.15) is 20.3 Å². The third kappa shape index (κ3) is 2.12. The lowest BCUT2D eigenvalue weighted by Gasteiger charge is -2.30. The first kappa shape index (κ1) is 11.7. The molecule has 4 nitrogen and oxygen atoms in total. The summed E-state index contributed by atoms with van der Waals surface area (Å²) < 4.78 is 10.8. The number of nitrogens with one attached hydrogen (secondary N) is 1. The van der Waals surface area contributed by atoms with Crippen LogP contribution >= 0.6 is 0 Å². The van der Waals surface area contributed by atoms with Gasteiger partial charge in [-0.15, -0.1) is 0 Å². The molecule has 0 bridgehead atoms. The van der Waals surface area contributed by atoms with Gasteiger partial charge in [0.15, 0.2) is 11.5 Å². The first-order chi connectivity index (χ1) is 8.74. The van der Waals surface area contributed by atoms with Gasteiger partial charge in [-0.2, -0.15) is 0 Å². The molecule has 1 aromatic rings. The number of benzene rings is 1. The van der Waals surface area contributed by atoms with Crippen LogP contribution in [-0.2, 0) is 0 Å². The van der Waals surface area contributed by atoms with Crippen LogP contribution in [-0.4, -0.2) is 32.0 Å². The van der Waals surface area contributed by atoms with E-state index in [0.29, 0.717) is 18.9 Å². The Morgan fingerprint density at radius 2 is 2.06 bits per heavy atom. The minimum Gasteiger partial charge on any atom is -0.454 e. The van der Waals surface area contributed by atoms with Crippen LogP contribution in [0, 0.1) is 0 Å². The van der Waals surface area contributed by atoms with Crippen molar-refractivity contribution in [2.45, 2.75) is 32.4 Å². The van der Waals surface area contributed by atoms with Crippen LogP contribution in [0.3, 0.4) is 0 Å². The molecular formula is C14H20N2O2. The van der Waals surface area contributed by atoms with Crippen LogP contribution in [0.5, 0.6) is 11.5 Å². The average molecular weight is 248 g/mol. The molecule has 0 spiro atoms. The molecule has 1 fully saturated rings. The van der Waals surface area contributed by atoms with Crippen molar-refractivity contribution in [2.75, 3.05) is 24.8 Å². The topological polar surface area (TPSA) is 33.7 Å². The summed E-state index contributed by atoms with van der Waals surface area (Å²) in [5.41, 5.74) is 1.22. The molecule has 0 aromatic heterocycles. The first-order valence-corrected chi connectivity index (χ1v) is 6.64. The molecule has 2 atom stereocenters. The van der Waals surface area contributed by atoms with E-state index in [9.17, 15) is 0 Å². The van der Waals surface area contributed by atoms with Gasteiger partial charge in [0, 0.05) is 30.4 Å². The summed E-state index contributed by atoms with van der Waals surface area (Å²) in [6, 6.07) is 7.29. The Morgan fingerprint density at radius 3 is 2.94 bits per heavy atom. The van der Waals surface area contributed by atoms with Crippen molar-refractivity contribution < 1.29 is 9.47 Å². The predicted octanol–water partition coefficient (Wildman–Crippen LogP) is 1.99. The highest BCUT2D eigenvalue weighted by Crippen LogP contribution is 2.36. The summed E-state index contributed by atoms with van der Waals surface area (Å²) in [6.45, 7) is 6.97. The second-order valence-electron chi connectivity index (χ2n) is 5.18. The van der Waals surface area contributed by atoms with Crippen LogP contribution in [0.25, 0.3) is 0 Å². The van der Waals surface area contributed by atoms with E-state index in [1.165, 1.54) is 12.1 Å². The highest BCUT2D eigenvalue weighted by atomic mass is 16.7. The van der Waals surface area contributed by atoms with Crippen molar-refractivity contribution in [1.29, 1.82) is 0 Å². The monoisotopic (exact) mass is 248 g/mol. The summed E-state index contributed by atoms with van der Waals surface area (Å²) in [4.78, 5) is 2.45. The Hall–Kier alpha value is -1.42. The van der Waals surface area contributed by atoms with E-state index in [-0.39, 0.29) is 0 Å². The fraction of sp³-hybridized carbons (Fsp3) is 0.571. The zero-order valence-electron chi connectivity index (χ0n) is 11.0. The molecule has 18 heavy (non-hydrogen) atoms. The number of anilines is 1. The predicted molar refractivity (Wildman–Crippen MR) is 71.5 cm³/mol. The van der Waals surface area contributed by atoms with Crippen LogP contribution in [0.4, 0.5) is 5.69 Å². The molecule has 3 rings (SSSR count). The lowest BCUT2D eigenvalue weighted by molar-refractivity contribution is 0.174. The number of hydrogen-bond acceptors (Lipinski definition) is 4. The number of ether oxygens (including phenoxy) is 2. The molecule has 2 heterocycles. The van der Waals surface area contributed by atoms with E-state index in [2.05, 4.69) is 36.2 Å². The SMILES string of the molecule is CC1CN(c2ccc3c(c2)OCO3)C(C)CCN1. The number of hydrogen-bond donors (Lipinski definition) is 1. The summed E-state index contributed by atoms with van der Waals surface area (Å²) in [5, 5.41) is 3.53. The molecule has 0 amide bonds. The van der Waals surface area contributed by atoms with Gasteiger partial charge in [0.05, 0.1) is 0 Å². The Balaban J connectivity index is 1.87. The van der Waals surface area contributed by atoms with Gasteiger partial charge in [-0.25, -0.2) is 0 Å². The summed E-state index contributed by atoms with van der Waals surface area (Å²) in [6.07, 6.45) is 1.17. The van der Waals surface area contributed by atoms with Crippen molar-refractivity contribution >= 4 is 5.69 Å². The van der Waals surface area contributed by atoms with Crippen molar-refractivity contribution in [1.82, 2.24) is 5.32 Å². The number of fused-ring (bicyclic) bond motifs is 1. The van der Waals surface area contributed by atoms with Crippen molar-refractivity contribution in [3.05, 3.63) is 18.2 Å². The fourth-order valence-corrected chi connectivity index (χ4v) is 2.66. The zero-order valence-corrected chi connectivity index (χ0v) is 11.0. The highest BCUT2D eigenvalue weighted by Gasteiger charge is 2.22. The maximum Gasteiger partial charge on any atom is 0.231 e. The second kappa shape index (κ2) is 4.69. The average Bonchev–Trinajstić information content (AvgIpc) is 2.76. The summed E-state index contributed by atoms with van der Waals surface area (Å²) in [7, 11) is 0. The molecular weight excluding hydrogens is 228 g/mol. The molecule has 4 heteroatoms.